The number of benzene rings is 1. The molecule has 1 aromatic carbocycles. The Labute approximate surface area is 124 Å². The van der Waals surface area contributed by atoms with Gasteiger partial charge < -0.3 is 5.32 Å². The quantitative estimate of drug-likeness (QED) is 0.905. The van der Waals surface area contributed by atoms with E-state index in [9.17, 15) is 8.78 Å². The van der Waals surface area contributed by atoms with Crippen molar-refractivity contribution in [2.24, 2.45) is 0 Å². The van der Waals surface area contributed by atoms with Gasteiger partial charge in [0.1, 0.15) is 5.69 Å². The Kier molecular flexibility index (Phi) is 4.73. The van der Waals surface area contributed by atoms with Crippen molar-refractivity contribution in [2.75, 3.05) is 0 Å². The van der Waals surface area contributed by atoms with Crippen LogP contribution in [0.1, 0.15) is 42.7 Å². The summed E-state index contributed by atoms with van der Waals surface area (Å²) in [5, 5.41) is 7.33. The van der Waals surface area contributed by atoms with Crippen LogP contribution in [0.3, 0.4) is 0 Å². The van der Waals surface area contributed by atoms with E-state index >= 15 is 0 Å². The Balaban J connectivity index is 2.44. The van der Waals surface area contributed by atoms with E-state index in [2.05, 4.69) is 10.4 Å². The van der Waals surface area contributed by atoms with Crippen LogP contribution in [0.25, 0.3) is 5.69 Å². The summed E-state index contributed by atoms with van der Waals surface area (Å²) in [6.07, 6.45) is -1.03. The van der Waals surface area contributed by atoms with E-state index in [0.29, 0.717) is 17.8 Å². The van der Waals surface area contributed by atoms with Crippen LogP contribution < -0.4 is 5.32 Å². The van der Waals surface area contributed by atoms with E-state index in [4.69, 9.17) is 0 Å². The molecule has 0 aliphatic carbocycles. The number of rotatable bonds is 5. The number of nitrogens with zero attached hydrogens (tertiary/aromatic N) is 2. The number of hydrogen-bond donors (Lipinski definition) is 1. The van der Waals surface area contributed by atoms with E-state index in [1.54, 1.807) is 0 Å². The molecule has 0 radical (unpaired) electrons. The monoisotopic (exact) mass is 293 g/mol. The van der Waals surface area contributed by atoms with Crippen molar-refractivity contribution in [1.29, 1.82) is 0 Å². The molecule has 1 N–H and O–H groups in total. The van der Waals surface area contributed by atoms with E-state index in [0.717, 1.165) is 11.1 Å². The molecule has 0 aliphatic rings. The molecule has 0 spiro atoms. The minimum Gasteiger partial charge on any atom is -0.310 e. The van der Waals surface area contributed by atoms with Crippen LogP contribution in [0.15, 0.2) is 24.4 Å². The van der Waals surface area contributed by atoms with Gasteiger partial charge in [0.05, 0.1) is 11.9 Å². The van der Waals surface area contributed by atoms with E-state index in [1.807, 2.05) is 45.9 Å². The van der Waals surface area contributed by atoms with E-state index < -0.39 is 6.43 Å². The first-order valence-corrected chi connectivity index (χ1v) is 7.06. The Hall–Kier alpha value is -1.75. The predicted molar refractivity (Wildman–Crippen MR) is 80.0 cm³/mol. The predicted octanol–water partition coefficient (Wildman–Crippen LogP) is 3.92. The third kappa shape index (κ3) is 3.47. The lowest BCUT2D eigenvalue weighted by atomic mass is 10.1. The van der Waals surface area contributed by atoms with Crippen molar-refractivity contribution >= 4 is 0 Å². The Morgan fingerprint density at radius 2 is 1.95 bits per heavy atom. The summed E-state index contributed by atoms with van der Waals surface area (Å²) in [4.78, 5) is 0. The molecule has 0 saturated heterocycles. The zero-order valence-electron chi connectivity index (χ0n) is 12.8. The molecule has 0 bridgehead atoms. The van der Waals surface area contributed by atoms with Crippen LogP contribution in [0.4, 0.5) is 8.78 Å². The fourth-order valence-corrected chi connectivity index (χ4v) is 2.31. The van der Waals surface area contributed by atoms with Crippen molar-refractivity contribution in [3.63, 3.8) is 0 Å². The standard InChI is InChI=1S/C16H21F2N3/c1-10(2)19-8-13-9-20-21(15(13)16(17)18)14-6-5-11(3)7-12(14)4/h5-7,9-10,16,19H,8H2,1-4H3. The average molecular weight is 293 g/mol. The first-order chi connectivity index (χ1) is 9.90. The zero-order valence-corrected chi connectivity index (χ0v) is 12.8. The maximum atomic E-state index is 13.5. The topological polar surface area (TPSA) is 29.9 Å². The smallest absolute Gasteiger partial charge is 0.280 e. The summed E-state index contributed by atoms with van der Waals surface area (Å²) in [6.45, 7) is 8.24. The van der Waals surface area contributed by atoms with Gasteiger partial charge in [-0.05, 0) is 25.5 Å². The molecular formula is C16H21F2N3. The third-order valence-corrected chi connectivity index (χ3v) is 3.37. The summed E-state index contributed by atoms with van der Waals surface area (Å²) in [7, 11) is 0. The molecule has 0 fully saturated rings. The number of hydrogen-bond acceptors (Lipinski definition) is 2. The number of nitrogens with one attached hydrogen (secondary N) is 1. The molecule has 21 heavy (non-hydrogen) atoms. The summed E-state index contributed by atoms with van der Waals surface area (Å²) in [6, 6.07) is 5.95. The van der Waals surface area contributed by atoms with Crippen LogP contribution in [0.2, 0.25) is 0 Å². The molecular weight excluding hydrogens is 272 g/mol. The Bertz CT molecular complexity index is 618. The average Bonchev–Trinajstić information content (AvgIpc) is 2.80. The van der Waals surface area contributed by atoms with E-state index in [-0.39, 0.29) is 11.7 Å². The van der Waals surface area contributed by atoms with Crippen molar-refractivity contribution in [2.45, 2.75) is 46.7 Å². The lowest BCUT2D eigenvalue weighted by molar-refractivity contribution is 0.141. The maximum absolute atomic E-state index is 13.5. The van der Waals surface area contributed by atoms with Gasteiger partial charge in [-0.15, -0.1) is 0 Å². The van der Waals surface area contributed by atoms with Gasteiger partial charge in [0, 0.05) is 18.2 Å². The first kappa shape index (κ1) is 15.6. The normalized spacial score (nSPS) is 11.6. The fourth-order valence-electron chi connectivity index (χ4n) is 2.31. The Morgan fingerprint density at radius 3 is 2.52 bits per heavy atom. The molecule has 0 amide bonds. The van der Waals surface area contributed by atoms with Crippen molar-refractivity contribution < 1.29 is 8.78 Å². The zero-order chi connectivity index (χ0) is 15.6. The number of aromatic nitrogens is 2. The van der Waals surface area contributed by atoms with Gasteiger partial charge in [0.25, 0.3) is 6.43 Å². The van der Waals surface area contributed by atoms with Gasteiger partial charge in [-0.1, -0.05) is 31.5 Å². The highest BCUT2D eigenvalue weighted by Crippen LogP contribution is 2.27. The number of aryl methyl sites for hydroxylation is 2. The molecule has 2 aromatic rings. The van der Waals surface area contributed by atoms with Gasteiger partial charge >= 0.3 is 0 Å². The molecule has 3 nitrogen and oxygen atoms in total. The molecule has 2 rings (SSSR count). The molecule has 0 aliphatic heterocycles. The summed E-state index contributed by atoms with van der Waals surface area (Å²) in [5.41, 5.74) is 3.24. The highest BCUT2D eigenvalue weighted by Gasteiger charge is 2.21. The van der Waals surface area contributed by atoms with Gasteiger partial charge in [-0.3, -0.25) is 0 Å². The van der Waals surface area contributed by atoms with Gasteiger partial charge in [0.15, 0.2) is 0 Å². The largest absolute Gasteiger partial charge is 0.310 e. The molecule has 0 unspecified atom stereocenters. The van der Waals surface area contributed by atoms with Crippen LogP contribution in [0.5, 0.6) is 0 Å². The van der Waals surface area contributed by atoms with Gasteiger partial charge in [-0.2, -0.15) is 5.10 Å². The SMILES string of the molecule is Cc1ccc(-n2ncc(CNC(C)C)c2C(F)F)c(C)c1. The highest BCUT2D eigenvalue weighted by atomic mass is 19.3. The summed E-state index contributed by atoms with van der Waals surface area (Å²) in [5.74, 6) is 0. The minimum absolute atomic E-state index is 0.0323. The lowest BCUT2D eigenvalue weighted by Crippen LogP contribution is -2.22. The first-order valence-electron chi connectivity index (χ1n) is 7.06. The molecule has 0 atom stereocenters. The fraction of sp³-hybridized carbons (Fsp3) is 0.438. The molecule has 1 heterocycles. The second-order valence-electron chi connectivity index (χ2n) is 5.59. The number of alkyl halides is 2. The maximum Gasteiger partial charge on any atom is 0.280 e. The second kappa shape index (κ2) is 6.35. The third-order valence-electron chi connectivity index (χ3n) is 3.37. The Morgan fingerprint density at radius 1 is 1.24 bits per heavy atom. The number of halogens is 2. The minimum atomic E-state index is -2.56. The summed E-state index contributed by atoms with van der Waals surface area (Å²) < 4.78 is 28.3. The molecule has 5 heteroatoms. The van der Waals surface area contributed by atoms with Gasteiger partial charge in [-0.25, -0.2) is 13.5 Å². The summed E-state index contributed by atoms with van der Waals surface area (Å²) >= 11 is 0. The molecule has 1 aromatic heterocycles. The van der Waals surface area contributed by atoms with Crippen LogP contribution in [-0.2, 0) is 6.54 Å². The van der Waals surface area contributed by atoms with Crippen LogP contribution >= 0.6 is 0 Å². The van der Waals surface area contributed by atoms with Crippen LogP contribution in [-0.4, -0.2) is 15.8 Å². The van der Waals surface area contributed by atoms with E-state index in [1.165, 1.54) is 10.9 Å². The van der Waals surface area contributed by atoms with Crippen molar-refractivity contribution in [3.8, 4) is 5.69 Å². The van der Waals surface area contributed by atoms with Gasteiger partial charge in [0.2, 0.25) is 0 Å². The molecule has 0 saturated carbocycles. The van der Waals surface area contributed by atoms with Crippen LogP contribution in [0, 0.1) is 13.8 Å². The van der Waals surface area contributed by atoms with Crippen molar-refractivity contribution in [3.05, 3.63) is 46.8 Å². The van der Waals surface area contributed by atoms with Crippen molar-refractivity contribution in [1.82, 2.24) is 15.1 Å². The molecule has 114 valence electrons. The lowest BCUT2D eigenvalue weighted by Gasteiger charge is -2.13. The highest BCUT2D eigenvalue weighted by molar-refractivity contribution is 5.44. The second-order valence-corrected chi connectivity index (χ2v) is 5.59.